The van der Waals surface area contributed by atoms with Crippen LogP contribution in [0.15, 0.2) is 60.8 Å². The highest BCUT2D eigenvalue weighted by Crippen LogP contribution is 2.09. The van der Waals surface area contributed by atoms with Gasteiger partial charge in [-0.15, -0.1) is 0 Å². The first-order valence-corrected chi connectivity index (χ1v) is 15.5. The molecule has 0 saturated carbocycles. The van der Waals surface area contributed by atoms with Crippen LogP contribution in [0, 0.1) is 0 Å². The second-order valence-electron chi connectivity index (χ2n) is 11.2. The standard InChI is InChI=1S/C34H57NO7/c1-5-6-7-8-9-10-11-12-13-14-15-16-17-18-19-20-21-22-23-24-25-26-32(37)41-29-31(36)30-42-34(33(38)39)40-28-27-35(2,3)4/h6-7,9-10,12-13,15-16,18-19,31,34,36H,5,8,11,14,17,20-30H2,1-4H3/p+1/b7-6-,10-9-,13-12-,16-15-,19-18-. The van der Waals surface area contributed by atoms with Crippen molar-refractivity contribution in [3.05, 3.63) is 60.8 Å². The molecule has 0 heterocycles. The summed E-state index contributed by atoms with van der Waals surface area (Å²) in [6, 6.07) is 0. The van der Waals surface area contributed by atoms with E-state index < -0.39 is 18.4 Å². The highest BCUT2D eigenvalue weighted by atomic mass is 16.7. The van der Waals surface area contributed by atoms with Gasteiger partial charge < -0.3 is 28.9 Å². The van der Waals surface area contributed by atoms with Crippen LogP contribution < -0.4 is 0 Å². The summed E-state index contributed by atoms with van der Waals surface area (Å²) in [6.07, 6.45) is 30.9. The minimum absolute atomic E-state index is 0.203. The molecule has 2 atom stereocenters. The lowest BCUT2D eigenvalue weighted by molar-refractivity contribution is -0.870. The van der Waals surface area contributed by atoms with Crippen LogP contribution >= 0.6 is 0 Å². The van der Waals surface area contributed by atoms with Crippen molar-refractivity contribution in [3.8, 4) is 0 Å². The molecule has 0 aromatic heterocycles. The molecule has 0 aliphatic heterocycles. The molecule has 0 saturated heterocycles. The summed E-state index contributed by atoms with van der Waals surface area (Å²) in [5, 5.41) is 19.2. The number of nitrogens with zero attached hydrogens (tertiary/aromatic N) is 1. The Kier molecular flexibility index (Phi) is 25.7. The van der Waals surface area contributed by atoms with E-state index in [2.05, 4.69) is 67.7 Å². The minimum atomic E-state index is -1.47. The quantitative estimate of drug-likeness (QED) is 0.0368. The summed E-state index contributed by atoms with van der Waals surface area (Å²) in [7, 11) is 5.90. The van der Waals surface area contributed by atoms with Gasteiger partial charge in [-0.1, -0.05) is 86.9 Å². The zero-order valence-corrected chi connectivity index (χ0v) is 26.6. The normalized spacial score (nSPS) is 14.2. The van der Waals surface area contributed by atoms with Gasteiger partial charge in [0, 0.05) is 6.42 Å². The first-order chi connectivity index (χ1) is 20.2. The fourth-order valence-corrected chi connectivity index (χ4v) is 3.56. The van der Waals surface area contributed by atoms with Crippen LogP contribution in [-0.4, -0.2) is 86.5 Å². The van der Waals surface area contributed by atoms with Gasteiger partial charge in [0.1, 0.15) is 19.3 Å². The maximum Gasteiger partial charge on any atom is 0.361 e. The minimum Gasteiger partial charge on any atom is -0.477 e. The third-order valence-corrected chi connectivity index (χ3v) is 6.02. The zero-order valence-electron chi connectivity index (χ0n) is 26.6. The summed E-state index contributed by atoms with van der Waals surface area (Å²) >= 11 is 0. The third-order valence-electron chi connectivity index (χ3n) is 6.02. The Balaban J connectivity index is 3.70. The summed E-state index contributed by atoms with van der Waals surface area (Å²) in [4.78, 5) is 23.2. The molecule has 0 rings (SSSR count). The summed E-state index contributed by atoms with van der Waals surface area (Å²) < 4.78 is 16.1. The van der Waals surface area contributed by atoms with Crippen LogP contribution in [0.3, 0.4) is 0 Å². The van der Waals surface area contributed by atoms with Gasteiger partial charge in [-0.05, 0) is 51.4 Å². The molecule has 0 spiro atoms. The maximum atomic E-state index is 11.9. The van der Waals surface area contributed by atoms with Crippen molar-refractivity contribution in [2.75, 3.05) is 47.5 Å². The molecule has 0 radical (unpaired) electrons. The number of aliphatic hydroxyl groups is 1. The van der Waals surface area contributed by atoms with E-state index in [1.807, 2.05) is 21.1 Å². The number of aliphatic hydroxyl groups excluding tert-OH is 1. The smallest absolute Gasteiger partial charge is 0.361 e. The van der Waals surface area contributed by atoms with Gasteiger partial charge >= 0.3 is 11.9 Å². The third kappa shape index (κ3) is 29.0. The van der Waals surface area contributed by atoms with E-state index in [4.69, 9.17) is 14.2 Å². The van der Waals surface area contributed by atoms with Gasteiger partial charge in [0.05, 0.1) is 34.4 Å². The Bertz CT molecular complexity index is 824. The number of unbranched alkanes of at least 4 members (excludes halogenated alkanes) is 5. The number of carbonyl (C=O) groups excluding carboxylic acids is 1. The molecule has 8 nitrogen and oxygen atoms in total. The number of allylic oxidation sites excluding steroid dienone is 10. The van der Waals surface area contributed by atoms with Crippen LogP contribution in [0.1, 0.15) is 84.0 Å². The SMILES string of the molecule is CC/C=C\C/C=C\C/C=C\C/C=C\C/C=C\CCCCCCCC(=O)OCC(O)COC(OCC[N+](C)(C)C)C(=O)O. The lowest BCUT2D eigenvalue weighted by Gasteiger charge is -2.24. The first kappa shape index (κ1) is 39.5. The summed E-state index contributed by atoms with van der Waals surface area (Å²) in [6.45, 7) is 2.42. The largest absolute Gasteiger partial charge is 0.477 e. The van der Waals surface area contributed by atoms with Crippen molar-refractivity contribution in [2.45, 2.75) is 96.4 Å². The maximum absolute atomic E-state index is 11.9. The number of likely N-dealkylation sites (N-methyl/N-ethyl adjacent to an activating group) is 1. The number of carboxylic acids is 1. The average molecular weight is 593 g/mol. The molecule has 0 bridgehead atoms. The predicted octanol–water partition coefficient (Wildman–Crippen LogP) is 6.52. The van der Waals surface area contributed by atoms with Crippen LogP contribution in [-0.2, 0) is 23.8 Å². The van der Waals surface area contributed by atoms with Crippen molar-refractivity contribution in [1.82, 2.24) is 0 Å². The van der Waals surface area contributed by atoms with E-state index in [0.717, 1.165) is 70.6 Å². The lowest BCUT2D eigenvalue weighted by atomic mass is 10.1. The van der Waals surface area contributed by atoms with Crippen molar-refractivity contribution < 1.29 is 38.5 Å². The van der Waals surface area contributed by atoms with Gasteiger partial charge in [-0.25, -0.2) is 4.79 Å². The molecule has 0 aliphatic carbocycles. The van der Waals surface area contributed by atoms with E-state index >= 15 is 0 Å². The van der Waals surface area contributed by atoms with Crippen molar-refractivity contribution in [2.24, 2.45) is 0 Å². The number of carbonyl (C=O) groups is 2. The topological polar surface area (TPSA) is 102 Å². The van der Waals surface area contributed by atoms with Crippen LogP contribution in [0.5, 0.6) is 0 Å². The molecule has 2 unspecified atom stereocenters. The number of hydrogen-bond donors (Lipinski definition) is 2. The Hall–Kier alpha value is -2.52. The Labute approximate surface area is 255 Å². The summed E-state index contributed by atoms with van der Waals surface area (Å²) in [5.41, 5.74) is 0. The highest BCUT2D eigenvalue weighted by Gasteiger charge is 2.22. The number of quaternary nitrogens is 1. The van der Waals surface area contributed by atoms with Gasteiger partial charge in [-0.2, -0.15) is 0 Å². The van der Waals surface area contributed by atoms with Crippen molar-refractivity contribution >= 4 is 11.9 Å². The van der Waals surface area contributed by atoms with E-state index in [0.29, 0.717) is 17.4 Å². The molecule has 0 aromatic carbocycles. The molecule has 0 aliphatic rings. The Morgan fingerprint density at radius 3 is 1.79 bits per heavy atom. The van der Waals surface area contributed by atoms with E-state index in [9.17, 15) is 19.8 Å². The molecular weight excluding hydrogens is 534 g/mol. The number of carboxylic acid groups (broad SMARTS) is 1. The van der Waals surface area contributed by atoms with Crippen LogP contribution in [0.2, 0.25) is 0 Å². The first-order valence-electron chi connectivity index (χ1n) is 15.5. The fourth-order valence-electron chi connectivity index (χ4n) is 3.56. The molecule has 0 fully saturated rings. The van der Waals surface area contributed by atoms with Gasteiger partial charge in [0.2, 0.25) is 0 Å². The Morgan fingerprint density at radius 1 is 0.714 bits per heavy atom. The lowest BCUT2D eigenvalue weighted by Crippen LogP contribution is -2.40. The second-order valence-corrected chi connectivity index (χ2v) is 11.2. The fraction of sp³-hybridized carbons (Fsp3) is 0.647. The molecule has 0 amide bonds. The van der Waals surface area contributed by atoms with Crippen LogP contribution in [0.25, 0.3) is 0 Å². The van der Waals surface area contributed by atoms with E-state index in [1.54, 1.807) is 0 Å². The number of rotatable bonds is 27. The van der Waals surface area contributed by atoms with Gasteiger partial charge in [0.15, 0.2) is 0 Å². The van der Waals surface area contributed by atoms with Crippen molar-refractivity contribution in [1.29, 1.82) is 0 Å². The predicted molar refractivity (Wildman–Crippen MR) is 170 cm³/mol. The second kappa shape index (κ2) is 27.3. The Morgan fingerprint density at radius 2 is 1.24 bits per heavy atom. The van der Waals surface area contributed by atoms with Gasteiger partial charge in [-0.3, -0.25) is 4.79 Å². The highest BCUT2D eigenvalue weighted by molar-refractivity contribution is 5.70. The molecule has 0 aromatic rings. The number of esters is 1. The molecule has 240 valence electrons. The molecular formula is C34H58NO7+. The molecule has 8 heteroatoms. The van der Waals surface area contributed by atoms with E-state index in [-0.39, 0.29) is 25.8 Å². The van der Waals surface area contributed by atoms with Crippen molar-refractivity contribution in [3.63, 3.8) is 0 Å². The zero-order chi connectivity index (χ0) is 31.3. The monoisotopic (exact) mass is 592 g/mol. The summed E-state index contributed by atoms with van der Waals surface area (Å²) in [5.74, 6) is -1.64. The average Bonchev–Trinajstić information content (AvgIpc) is 2.93. The number of hydrogen-bond acceptors (Lipinski definition) is 6. The van der Waals surface area contributed by atoms with E-state index in [1.165, 1.54) is 0 Å². The van der Waals surface area contributed by atoms with Gasteiger partial charge in [0.25, 0.3) is 6.29 Å². The molecule has 2 N–H and O–H groups in total. The number of aliphatic carboxylic acids is 1. The van der Waals surface area contributed by atoms with Crippen LogP contribution in [0.4, 0.5) is 0 Å². The number of ether oxygens (including phenoxy) is 3. The molecule has 42 heavy (non-hydrogen) atoms.